The predicted molar refractivity (Wildman–Crippen MR) is 135 cm³/mol. The van der Waals surface area contributed by atoms with E-state index in [4.69, 9.17) is 15.2 Å². The lowest BCUT2D eigenvalue weighted by atomic mass is 10.2. The lowest BCUT2D eigenvalue weighted by Gasteiger charge is -2.12. The third-order valence-electron chi connectivity index (χ3n) is 5.30. The normalized spacial score (nSPS) is 11.2. The molecule has 0 radical (unpaired) electrons. The number of anilines is 1. The molecule has 0 saturated heterocycles. The molecule has 3 aromatic rings. The number of allylic oxidation sites excluding steroid dienone is 1. The molecule has 1 aromatic carbocycles. The Bertz CT molecular complexity index is 1260. The molecular formula is C25H32N6O5. The smallest absolute Gasteiger partial charge is 0.305 e. The summed E-state index contributed by atoms with van der Waals surface area (Å²) in [6.45, 7) is 7.29. The Balaban J connectivity index is 1.97. The lowest BCUT2D eigenvalue weighted by molar-refractivity contribution is -0.143. The van der Waals surface area contributed by atoms with Gasteiger partial charge in [-0.2, -0.15) is 5.10 Å². The van der Waals surface area contributed by atoms with Crippen molar-refractivity contribution in [1.82, 2.24) is 19.3 Å². The molecule has 0 atom stereocenters. The molecule has 3 rings (SSSR count). The van der Waals surface area contributed by atoms with Crippen LogP contribution in [0.4, 0.5) is 5.95 Å². The van der Waals surface area contributed by atoms with Crippen LogP contribution in [0.3, 0.4) is 0 Å². The summed E-state index contributed by atoms with van der Waals surface area (Å²) < 4.78 is 14.3. The minimum atomic E-state index is -0.357. The number of aromatic nitrogens is 4. The van der Waals surface area contributed by atoms with Crippen LogP contribution in [-0.2, 0) is 22.6 Å². The van der Waals surface area contributed by atoms with Gasteiger partial charge in [0.1, 0.15) is 23.2 Å². The summed E-state index contributed by atoms with van der Waals surface area (Å²) >= 11 is 0. The molecule has 11 heteroatoms. The number of nitrogens with one attached hydrogen (secondary N) is 1. The number of nitrogens with two attached hydrogens (primary N) is 1. The number of imidazole rings is 1. The van der Waals surface area contributed by atoms with E-state index in [0.29, 0.717) is 67.0 Å². The molecule has 192 valence electrons. The number of amides is 1. The van der Waals surface area contributed by atoms with Crippen LogP contribution in [0.1, 0.15) is 53.2 Å². The summed E-state index contributed by atoms with van der Waals surface area (Å²) in [5, 5.41) is 7.21. The minimum absolute atomic E-state index is 0.217. The van der Waals surface area contributed by atoms with Crippen molar-refractivity contribution in [3.05, 3.63) is 47.3 Å². The highest BCUT2D eigenvalue weighted by molar-refractivity contribution is 6.03. The maximum Gasteiger partial charge on any atom is 0.305 e. The van der Waals surface area contributed by atoms with Gasteiger partial charge in [0.2, 0.25) is 5.95 Å². The first-order chi connectivity index (χ1) is 17.4. The van der Waals surface area contributed by atoms with Gasteiger partial charge in [-0.25, -0.2) is 4.98 Å². The van der Waals surface area contributed by atoms with E-state index < -0.39 is 0 Å². The molecule has 0 spiro atoms. The van der Waals surface area contributed by atoms with Crippen LogP contribution in [0.2, 0.25) is 0 Å². The molecule has 0 bridgehead atoms. The standard InChI is InChI=1S/C25H32N6O5/c1-4-31-20(13-17(3)29-31)24(34)28-25-27-19-14-18(16-32)15-21(23(19)30(25)11-7-6-10-26)36-12-8-9-22(33)35-5-2/h6-7,13-16H,4-5,8-12,26H2,1-3H3,(H,27,28,34)/b7-6+. The summed E-state index contributed by atoms with van der Waals surface area (Å²) in [6, 6.07) is 4.96. The average molecular weight is 497 g/mol. The Morgan fingerprint density at radius 1 is 1.19 bits per heavy atom. The van der Waals surface area contributed by atoms with Gasteiger partial charge in [0.15, 0.2) is 0 Å². The topological polar surface area (TPSA) is 143 Å². The van der Waals surface area contributed by atoms with Crippen molar-refractivity contribution >= 4 is 35.1 Å². The van der Waals surface area contributed by atoms with Crippen molar-refractivity contribution in [2.24, 2.45) is 5.73 Å². The molecule has 0 aliphatic rings. The van der Waals surface area contributed by atoms with E-state index in [-0.39, 0.29) is 30.9 Å². The first-order valence-electron chi connectivity index (χ1n) is 11.9. The van der Waals surface area contributed by atoms with Gasteiger partial charge in [0.05, 0.1) is 24.4 Å². The largest absolute Gasteiger partial charge is 0.491 e. The van der Waals surface area contributed by atoms with E-state index in [2.05, 4.69) is 15.4 Å². The summed E-state index contributed by atoms with van der Waals surface area (Å²) in [7, 11) is 0. The number of ether oxygens (including phenoxy) is 2. The zero-order valence-electron chi connectivity index (χ0n) is 20.8. The van der Waals surface area contributed by atoms with Crippen LogP contribution >= 0.6 is 0 Å². The molecular weight excluding hydrogens is 464 g/mol. The fourth-order valence-electron chi connectivity index (χ4n) is 3.74. The van der Waals surface area contributed by atoms with Crippen LogP contribution < -0.4 is 15.8 Å². The van der Waals surface area contributed by atoms with Gasteiger partial charge in [-0.1, -0.05) is 12.2 Å². The van der Waals surface area contributed by atoms with Gasteiger partial charge in [0.25, 0.3) is 5.91 Å². The van der Waals surface area contributed by atoms with Crippen molar-refractivity contribution in [3.8, 4) is 5.75 Å². The lowest BCUT2D eigenvalue weighted by Crippen LogP contribution is -2.20. The number of esters is 1. The number of carbonyl (C=O) groups is 3. The van der Waals surface area contributed by atoms with E-state index in [1.165, 1.54) is 0 Å². The molecule has 1 amide bonds. The van der Waals surface area contributed by atoms with E-state index in [1.807, 2.05) is 19.9 Å². The van der Waals surface area contributed by atoms with Gasteiger partial charge in [-0.15, -0.1) is 0 Å². The number of rotatable bonds is 13. The number of aldehydes is 1. The number of benzene rings is 1. The van der Waals surface area contributed by atoms with Crippen LogP contribution in [0.15, 0.2) is 30.4 Å². The summed E-state index contributed by atoms with van der Waals surface area (Å²) in [6.07, 6.45) is 5.02. The van der Waals surface area contributed by atoms with Crippen molar-refractivity contribution in [3.63, 3.8) is 0 Å². The quantitative estimate of drug-likeness (QED) is 0.159. The number of fused-ring (bicyclic) bond motifs is 1. The third kappa shape index (κ3) is 6.36. The SMILES string of the molecule is CCOC(=O)CCCOc1cc(C=O)cc2nc(NC(=O)c3cc(C)nn3CC)n(C/C=C/CN)c12. The van der Waals surface area contributed by atoms with Crippen LogP contribution in [-0.4, -0.2) is 57.3 Å². The number of carbonyl (C=O) groups excluding carboxylic acids is 3. The highest BCUT2D eigenvalue weighted by Crippen LogP contribution is 2.31. The second-order valence-corrected chi connectivity index (χ2v) is 7.96. The molecule has 0 unspecified atom stereocenters. The number of hydrogen-bond acceptors (Lipinski definition) is 8. The summed E-state index contributed by atoms with van der Waals surface area (Å²) in [4.78, 5) is 40.9. The van der Waals surface area contributed by atoms with Crippen molar-refractivity contribution < 1.29 is 23.9 Å². The van der Waals surface area contributed by atoms with E-state index in [9.17, 15) is 14.4 Å². The zero-order chi connectivity index (χ0) is 26.1. The molecule has 3 N–H and O–H groups in total. The fourth-order valence-corrected chi connectivity index (χ4v) is 3.74. The molecule has 0 saturated carbocycles. The molecule has 2 aromatic heterocycles. The Kier molecular flexibility index (Phi) is 9.34. The van der Waals surface area contributed by atoms with E-state index >= 15 is 0 Å². The number of nitrogens with zero attached hydrogens (tertiary/aromatic N) is 4. The molecule has 11 nitrogen and oxygen atoms in total. The highest BCUT2D eigenvalue weighted by atomic mass is 16.5. The number of aryl methyl sites for hydroxylation is 2. The fraction of sp³-hybridized carbons (Fsp3) is 0.400. The van der Waals surface area contributed by atoms with Gasteiger partial charge in [0, 0.05) is 31.6 Å². The molecule has 0 aliphatic heterocycles. The first-order valence-corrected chi connectivity index (χ1v) is 11.9. The minimum Gasteiger partial charge on any atom is -0.491 e. The van der Waals surface area contributed by atoms with Crippen LogP contribution in [0.5, 0.6) is 5.75 Å². The zero-order valence-corrected chi connectivity index (χ0v) is 20.8. The Morgan fingerprint density at radius 3 is 2.69 bits per heavy atom. The Morgan fingerprint density at radius 2 is 2.00 bits per heavy atom. The molecule has 0 aliphatic carbocycles. The number of hydrogen-bond donors (Lipinski definition) is 2. The van der Waals surface area contributed by atoms with E-state index in [0.717, 1.165) is 5.69 Å². The van der Waals surface area contributed by atoms with Gasteiger partial charge in [-0.05, 0) is 45.4 Å². The Hall–Kier alpha value is -3.99. The summed E-state index contributed by atoms with van der Waals surface area (Å²) in [5.41, 5.74) is 8.22. The highest BCUT2D eigenvalue weighted by Gasteiger charge is 2.20. The third-order valence-corrected chi connectivity index (χ3v) is 5.30. The second kappa shape index (κ2) is 12.6. The molecule has 36 heavy (non-hydrogen) atoms. The first kappa shape index (κ1) is 26.6. The monoisotopic (exact) mass is 496 g/mol. The predicted octanol–water partition coefficient (Wildman–Crippen LogP) is 2.86. The van der Waals surface area contributed by atoms with Crippen LogP contribution in [0, 0.1) is 6.92 Å². The van der Waals surface area contributed by atoms with E-state index in [1.54, 1.807) is 40.4 Å². The average Bonchev–Trinajstić information content (AvgIpc) is 3.41. The van der Waals surface area contributed by atoms with Crippen molar-refractivity contribution in [2.75, 3.05) is 25.1 Å². The van der Waals surface area contributed by atoms with Gasteiger partial charge >= 0.3 is 5.97 Å². The van der Waals surface area contributed by atoms with Gasteiger partial charge < -0.3 is 19.8 Å². The van der Waals surface area contributed by atoms with Crippen molar-refractivity contribution in [2.45, 2.75) is 46.7 Å². The maximum atomic E-state index is 13.1. The van der Waals surface area contributed by atoms with Gasteiger partial charge in [-0.3, -0.25) is 24.4 Å². The second-order valence-electron chi connectivity index (χ2n) is 7.96. The molecule has 0 fully saturated rings. The molecule has 2 heterocycles. The summed E-state index contributed by atoms with van der Waals surface area (Å²) in [5.74, 6) is 0.0559. The van der Waals surface area contributed by atoms with Crippen molar-refractivity contribution in [1.29, 1.82) is 0 Å². The van der Waals surface area contributed by atoms with Crippen LogP contribution in [0.25, 0.3) is 11.0 Å². The maximum absolute atomic E-state index is 13.1. The Labute approximate surface area is 209 Å².